The van der Waals surface area contributed by atoms with E-state index in [9.17, 15) is 28.9 Å². The van der Waals surface area contributed by atoms with E-state index in [1.165, 1.54) is 36.8 Å². The number of benzene rings is 2. The number of rotatable bonds is 13. The lowest BCUT2D eigenvalue weighted by atomic mass is 9.97. The standard InChI is InChI=1S/C35H41N5O6/c41-31-18-17-29(32(42)36-31)38-21-27-23(13-9-15-25(27)34(38)44)11-7-5-3-1-2-4-6-8-12-24-14-10-16-26-28(24)22-39(35(26)45)30-19-20-40(46)37-33(30)43/h9-10,13-16,29-30H,1-8,11-12,17-22H2,(H-,36,37,41,42,43,46)/p+1. The molecule has 6 rings (SSSR count). The van der Waals surface area contributed by atoms with Crippen LogP contribution in [0.25, 0.3) is 0 Å². The molecule has 0 saturated carbocycles. The molecule has 2 aromatic carbocycles. The van der Waals surface area contributed by atoms with Gasteiger partial charge in [0.25, 0.3) is 11.8 Å². The summed E-state index contributed by atoms with van der Waals surface area (Å²) in [5.74, 6) is -1.32. The number of carbonyl (C=O) groups is 5. The Morgan fingerprint density at radius 2 is 1.15 bits per heavy atom. The van der Waals surface area contributed by atoms with E-state index in [1.54, 1.807) is 9.80 Å². The number of nitroso groups, excluding NO2 is 1. The maximum absolute atomic E-state index is 13.1. The molecule has 4 heterocycles. The van der Waals surface area contributed by atoms with Gasteiger partial charge in [-0.3, -0.25) is 29.3 Å². The predicted octanol–water partition coefficient (Wildman–Crippen LogP) is 3.89. The lowest BCUT2D eigenvalue weighted by molar-refractivity contribution is -0.601. The van der Waals surface area contributed by atoms with Crippen molar-refractivity contribution in [1.29, 1.82) is 0 Å². The smallest absolute Gasteiger partial charge is 0.301 e. The van der Waals surface area contributed by atoms with Gasteiger partial charge in [0.05, 0.1) is 4.91 Å². The second kappa shape index (κ2) is 13.9. The second-order valence-corrected chi connectivity index (χ2v) is 12.9. The number of piperidine rings is 1. The quantitative estimate of drug-likeness (QED) is 0.196. The Kier molecular flexibility index (Phi) is 9.56. The summed E-state index contributed by atoms with van der Waals surface area (Å²) in [6.07, 6.45) is 11.8. The third-order valence-electron chi connectivity index (χ3n) is 9.93. The zero-order chi connectivity index (χ0) is 32.2. The summed E-state index contributed by atoms with van der Waals surface area (Å²) in [7, 11) is 0. The summed E-state index contributed by atoms with van der Waals surface area (Å²) < 4.78 is 0. The van der Waals surface area contributed by atoms with Gasteiger partial charge in [-0.25, -0.2) is 0 Å². The van der Waals surface area contributed by atoms with Gasteiger partial charge < -0.3 is 9.80 Å². The summed E-state index contributed by atoms with van der Waals surface area (Å²) >= 11 is 0. The molecule has 11 nitrogen and oxygen atoms in total. The average molecular weight is 629 g/mol. The van der Waals surface area contributed by atoms with Crippen LogP contribution >= 0.6 is 0 Å². The Labute approximate surface area is 268 Å². The molecule has 0 aromatic heterocycles. The molecule has 0 spiro atoms. The van der Waals surface area contributed by atoms with E-state index < -0.39 is 18.0 Å². The van der Waals surface area contributed by atoms with Crippen molar-refractivity contribution in [2.45, 2.75) is 109 Å². The van der Waals surface area contributed by atoms with Gasteiger partial charge in [-0.1, -0.05) is 68.2 Å². The molecule has 11 heteroatoms. The van der Waals surface area contributed by atoms with Gasteiger partial charge in [0.1, 0.15) is 17.0 Å². The van der Waals surface area contributed by atoms with Crippen LogP contribution in [0.5, 0.6) is 0 Å². The van der Waals surface area contributed by atoms with E-state index in [-0.39, 0.29) is 36.6 Å². The fraction of sp³-hybridized carbons (Fsp3) is 0.514. The predicted molar refractivity (Wildman–Crippen MR) is 168 cm³/mol. The highest BCUT2D eigenvalue weighted by Crippen LogP contribution is 2.32. The minimum Gasteiger partial charge on any atom is -0.322 e. The van der Waals surface area contributed by atoms with E-state index in [0.29, 0.717) is 41.9 Å². The minimum absolute atomic E-state index is 0.120. The number of aryl methyl sites for hydroxylation is 2. The van der Waals surface area contributed by atoms with Gasteiger partial charge in [0, 0.05) is 37.1 Å². The average Bonchev–Trinajstić information content (AvgIpc) is 3.55. The maximum atomic E-state index is 13.1. The van der Waals surface area contributed by atoms with Crippen molar-refractivity contribution in [3.63, 3.8) is 0 Å². The van der Waals surface area contributed by atoms with Crippen molar-refractivity contribution in [3.8, 4) is 0 Å². The lowest BCUT2D eigenvalue weighted by Gasteiger charge is -2.29. The molecule has 5 amide bonds. The summed E-state index contributed by atoms with van der Waals surface area (Å²) in [5.41, 5.74) is 8.02. The van der Waals surface area contributed by atoms with E-state index in [0.717, 1.165) is 49.7 Å². The number of nitrogens with zero attached hydrogens (tertiary/aromatic N) is 3. The molecule has 46 heavy (non-hydrogen) atoms. The van der Waals surface area contributed by atoms with E-state index in [4.69, 9.17) is 0 Å². The fourth-order valence-corrected chi connectivity index (χ4v) is 7.40. The van der Waals surface area contributed by atoms with Crippen molar-refractivity contribution in [2.75, 3.05) is 6.54 Å². The Morgan fingerprint density at radius 1 is 0.652 bits per heavy atom. The molecule has 2 N–H and O–H groups in total. The summed E-state index contributed by atoms with van der Waals surface area (Å²) in [6.45, 7) is 1.02. The van der Waals surface area contributed by atoms with Gasteiger partial charge in [-0.05, 0) is 66.5 Å². The molecule has 2 aromatic rings. The van der Waals surface area contributed by atoms with Gasteiger partial charge >= 0.3 is 5.91 Å². The Hall–Kier alpha value is -4.41. The van der Waals surface area contributed by atoms with Crippen molar-refractivity contribution < 1.29 is 28.8 Å². The molecule has 2 atom stereocenters. The first-order chi connectivity index (χ1) is 22.3. The molecule has 2 saturated heterocycles. The zero-order valence-corrected chi connectivity index (χ0v) is 26.2. The third kappa shape index (κ3) is 6.59. The number of imide groups is 1. The topological polar surface area (TPSA) is 136 Å². The summed E-state index contributed by atoms with van der Waals surface area (Å²) in [6, 6.07) is 10.5. The molecule has 4 aliphatic heterocycles. The van der Waals surface area contributed by atoms with Crippen molar-refractivity contribution in [3.05, 3.63) is 74.7 Å². The third-order valence-corrected chi connectivity index (χ3v) is 9.93. The number of nitrogens with one attached hydrogen (secondary N) is 2. The van der Waals surface area contributed by atoms with Crippen LogP contribution in [0, 0.1) is 4.91 Å². The number of unbranched alkanes of at least 4 members (excludes halogenated alkanes) is 7. The molecule has 0 radical (unpaired) electrons. The normalized spacial score (nSPS) is 21.0. The van der Waals surface area contributed by atoms with E-state index in [1.807, 2.05) is 24.3 Å². The van der Waals surface area contributed by atoms with Gasteiger partial charge in [0.2, 0.25) is 18.4 Å². The van der Waals surface area contributed by atoms with Gasteiger partial charge in [0.15, 0.2) is 0 Å². The monoisotopic (exact) mass is 628 g/mol. The Balaban J connectivity index is 0.882. The van der Waals surface area contributed by atoms with Crippen molar-refractivity contribution in [2.24, 2.45) is 0 Å². The van der Waals surface area contributed by atoms with Gasteiger partial charge in [-0.2, -0.15) is 0 Å². The number of fused-ring (bicyclic) bond motifs is 2. The number of hydrogen-bond donors (Lipinski definition) is 2. The molecular formula is C35H42N5O6+. The van der Waals surface area contributed by atoms with Gasteiger partial charge in [-0.15, -0.1) is 0 Å². The van der Waals surface area contributed by atoms with Crippen LogP contribution in [0.15, 0.2) is 36.4 Å². The Morgan fingerprint density at radius 3 is 1.65 bits per heavy atom. The van der Waals surface area contributed by atoms with E-state index >= 15 is 0 Å². The molecule has 4 aliphatic rings. The van der Waals surface area contributed by atoms with Crippen LogP contribution in [0.3, 0.4) is 0 Å². The number of carbonyl (C=O) groups excluding carboxylic acids is 5. The first-order valence-electron chi connectivity index (χ1n) is 16.7. The number of hydrogen-bond acceptors (Lipinski definition) is 6. The van der Waals surface area contributed by atoms with Crippen LogP contribution in [-0.2, 0) is 40.3 Å². The summed E-state index contributed by atoms with van der Waals surface area (Å²) in [4.78, 5) is 77.6. The van der Waals surface area contributed by atoms with Crippen molar-refractivity contribution >= 4 is 29.5 Å². The first kappa shape index (κ1) is 31.6. The summed E-state index contributed by atoms with van der Waals surface area (Å²) in [5, 5.41) is 2.37. The highest BCUT2D eigenvalue weighted by molar-refractivity contribution is 6.05. The van der Waals surface area contributed by atoms with Crippen molar-refractivity contribution in [1.82, 2.24) is 20.5 Å². The zero-order valence-electron chi connectivity index (χ0n) is 26.2. The lowest BCUT2D eigenvalue weighted by Crippen LogP contribution is -2.54. The van der Waals surface area contributed by atoms with Crippen LogP contribution in [0.4, 0.5) is 0 Å². The molecule has 2 fully saturated rings. The maximum Gasteiger partial charge on any atom is 0.301 e. The van der Waals surface area contributed by atoms with Crippen LogP contribution < -0.4 is 10.7 Å². The van der Waals surface area contributed by atoms with E-state index in [2.05, 4.69) is 22.9 Å². The molecule has 2 unspecified atom stereocenters. The first-order valence-corrected chi connectivity index (χ1v) is 16.7. The number of amides is 5. The second-order valence-electron chi connectivity index (χ2n) is 12.9. The minimum atomic E-state index is -0.606. The SMILES string of the molecule is O=C1CCC(N2Cc3c(CCCCCCCCCCc4cccc5c4CN(C4CC[N+](=O)NC4=O)C5=O)cccc3C2=O)C(=O)N1. The highest BCUT2D eigenvalue weighted by atomic mass is 16.3. The molecule has 242 valence electrons. The molecule has 0 bridgehead atoms. The molecular weight excluding hydrogens is 586 g/mol. The number of hydrazine groups is 1. The highest BCUT2D eigenvalue weighted by Gasteiger charge is 2.42. The largest absolute Gasteiger partial charge is 0.322 e. The Bertz CT molecular complexity index is 1450. The fourth-order valence-electron chi connectivity index (χ4n) is 7.40. The van der Waals surface area contributed by atoms with Crippen LogP contribution in [-0.4, -0.2) is 62.8 Å². The van der Waals surface area contributed by atoms with Crippen LogP contribution in [0.1, 0.15) is 114 Å². The molecule has 0 aliphatic carbocycles. The van der Waals surface area contributed by atoms with Crippen LogP contribution in [0.2, 0.25) is 0 Å².